The Balaban J connectivity index is 1.86. The van der Waals surface area contributed by atoms with Gasteiger partial charge in [-0.05, 0) is 43.4 Å². The highest BCUT2D eigenvalue weighted by Gasteiger charge is 2.20. The Morgan fingerprint density at radius 1 is 1.24 bits per heavy atom. The molecule has 1 fully saturated rings. The Hall–Kier alpha value is -0.240. The van der Waals surface area contributed by atoms with Crippen molar-refractivity contribution in [2.45, 2.75) is 45.2 Å². The zero-order chi connectivity index (χ0) is 12.3. The number of rotatable bonds is 4. The Kier molecular flexibility index (Phi) is 4.72. The van der Waals surface area contributed by atoms with Crippen LogP contribution in [-0.4, -0.2) is 6.04 Å². The highest BCUT2D eigenvalue weighted by atomic mass is 35.5. The molecule has 1 saturated carbocycles. The molecule has 0 radical (unpaired) electrons. The number of hydrogen-bond donors (Lipinski definition) is 1. The number of hydrogen-bond acceptors (Lipinski definition) is 1. The molecule has 0 aliphatic heterocycles. The van der Waals surface area contributed by atoms with Gasteiger partial charge in [-0.1, -0.05) is 42.1 Å². The van der Waals surface area contributed by atoms with Gasteiger partial charge in [-0.3, -0.25) is 0 Å². The van der Waals surface area contributed by atoms with Gasteiger partial charge < -0.3 is 5.32 Å². The maximum absolute atomic E-state index is 6.00. The Morgan fingerprint density at radius 3 is 2.59 bits per heavy atom. The molecule has 2 rings (SSSR count). The van der Waals surface area contributed by atoms with E-state index in [2.05, 4.69) is 12.2 Å². The minimum Gasteiger partial charge on any atom is -0.310 e. The molecule has 17 heavy (non-hydrogen) atoms. The molecule has 1 aromatic rings. The molecule has 1 aliphatic rings. The predicted octanol–water partition coefficient (Wildman–Crippen LogP) is 4.66. The first-order valence-electron chi connectivity index (χ1n) is 6.34. The SMILES string of the molecule is CC(NCc1ccc(Cl)c(Cl)c1)C1CCCC1. The van der Waals surface area contributed by atoms with Crippen LogP contribution >= 0.6 is 23.2 Å². The molecule has 94 valence electrons. The zero-order valence-electron chi connectivity index (χ0n) is 10.2. The van der Waals surface area contributed by atoms with Crippen molar-refractivity contribution in [2.75, 3.05) is 0 Å². The largest absolute Gasteiger partial charge is 0.310 e. The highest BCUT2D eigenvalue weighted by Crippen LogP contribution is 2.28. The molecule has 3 heteroatoms. The first-order chi connectivity index (χ1) is 8.16. The summed E-state index contributed by atoms with van der Waals surface area (Å²) in [5.41, 5.74) is 1.20. The first-order valence-corrected chi connectivity index (χ1v) is 7.09. The number of nitrogens with one attached hydrogen (secondary N) is 1. The lowest BCUT2D eigenvalue weighted by atomic mass is 9.99. The Bertz CT molecular complexity index is 372. The van der Waals surface area contributed by atoms with Crippen molar-refractivity contribution in [2.24, 2.45) is 5.92 Å². The fourth-order valence-electron chi connectivity index (χ4n) is 2.55. The quantitative estimate of drug-likeness (QED) is 0.840. The fraction of sp³-hybridized carbons (Fsp3) is 0.571. The van der Waals surface area contributed by atoms with Crippen molar-refractivity contribution in [1.29, 1.82) is 0 Å². The van der Waals surface area contributed by atoms with Gasteiger partial charge in [0.1, 0.15) is 0 Å². The molecular weight excluding hydrogens is 253 g/mol. The molecule has 0 bridgehead atoms. The molecular formula is C14H19Cl2N. The van der Waals surface area contributed by atoms with E-state index in [9.17, 15) is 0 Å². The van der Waals surface area contributed by atoms with Crippen molar-refractivity contribution < 1.29 is 0 Å². The van der Waals surface area contributed by atoms with Crippen LogP contribution in [0, 0.1) is 5.92 Å². The fourth-order valence-corrected chi connectivity index (χ4v) is 2.87. The molecule has 1 aromatic carbocycles. The van der Waals surface area contributed by atoms with E-state index in [1.165, 1.54) is 31.2 Å². The molecule has 1 aliphatic carbocycles. The molecule has 0 amide bonds. The molecule has 1 nitrogen and oxygen atoms in total. The number of benzene rings is 1. The molecule has 0 aromatic heterocycles. The third-order valence-corrected chi connectivity index (χ3v) is 4.46. The first kappa shape index (κ1) is 13.2. The van der Waals surface area contributed by atoms with Crippen LogP contribution in [0.3, 0.4) is 0 Å². The molecule has 0 heterocycles. The second-order valence-corrected chi connectivity index (χ2v) is 5.78. The number of halogens is 2. The van der Waals surface area contributed by atoms with Gasteiger partial charge in [-0.25, -0.2) is 0 Å². The molecule has 1 N–H and O–H groups in total. The summed E-state index contributed by atoms with van der Waals surface area (Å²) in [5.74, 6) is 0.845. The Labute approximate surface area is 114 Å². The summed E-state index contributed by atoms with van der Waals surface area (Å²) >= 11 is 11.9. The van der Waals surface area contributed by atoms with Crippen LogP contribution in [0.5, 0.6) is 0 Å². The average molecular weight is 272 g/mol. The minimum atomic E-state index is 0.590. The third-order valence-electron chi connectivity index (χ3n) is 3.72. The second-order valence-electron chi connectivity index (χ2n) is 4.96. The topological polar surface area (TPSA) is 12.0 Å². The van der Waals surface area contributed by atoms with E-state index in [0.717, 1.165) is 12.5 Å². The van der Waals surface area contributed by atoms with Crippen molar-refractivity contribution in [3.63, 3.8) is 0 Å². The van der Waals surface area contributed by atoms with Crippen LogP contribution in [0.25, 0.3) is 0 Å². The summed E-state index contributed by atoms with van der Waals surface area (Å²) in [7, 11) is 0. The van der Waals surface area contributed by atoms with Crippen molar-refractivity contribution in [3.8, 4) is 0 Å². The summed E-state index contributed by atoms with van der Waals surface area (Å²) in [6.07, 6.45) is 5.53. The van der Waals surface area contributed by atoms with Crippen molar-refractivity contribution >= 4 is 23.2 Å². The van der Waals surface area contributed by atoms with Gasteiger partial charge in [-0.15, -0.1) is 0 Å². The average Bonchev–Trinajstić information content (AvgIpc) is 2.84. The van der Waals surface area contributed by atoms with Crippen LogP contribution in [0.15, 0.2) is 18.2 Å². The lowest BCUT2D eigenvalue weighted by Crippen LogP contribution is -2.31. The van der Waals surface area contributed by atoms with Crippen LogP contribution in [0.2, 0.25) is 10.0 Å². The standard InChI is InChI=1S/C14H19Cl2N/c1-10(12-4-2-3-5-12)17-9-11-6-7-13(15)14(16)8-11/h6-8,10,12,17H,2-5,9H2,1H3. The van der Waals surface area contributed by atoms with E-state index in [4.69, 9.17) is 23.2 Å². The van der Waals surface area contributed by atoms with Gasteiger partial charge >= 0.3 is 0 Å². The summed E-state index contributed by atoms with van der Waals surface area (Å²) in [6, 6.07) is 6.43. The second kappa shape index (κ2) is 6.08. The van der Waals surface area contributed by atoms with E-state index in [0.29, 0.717) is 16.1 Å². The minimum absolute atomic E-state index is 0.590. The van der Waals surface area contributed by atoms with Crippen molar-refractivity contribution in [1.82, 2.24) is 5.32 Å². The van der Waals surface area contributed by atoms with Crippen LogP contribution < -0.4 is 5.32 Å². The van der Waals surface area contributed by atoms with Gasteiger partial charge in [-0.2, -0.15) is 0 Å². The predicted molar refractivity (Wildman–Crippen MR) is 74.7 cm³/mol. The van der Waals surface area contributed by atoms with Gasteiger partial charge in [0.05, 0.1) is 10.0 Å². The maximum Gasteiger partial charge on any atom is 0.0595 e. The molecule has 1 atom stereocenters. The van der Waals surface area contributed by atoms with Gasteiger partial charge in [0.15, 0.2) is 0 Å². The van der Waals surface area contributed by atoms with Crippen LogP contribution in [0.4, 0.5) is 0 Å². The van der Waals surface area contributed by atoms with Crippen LogP contribution in [0.1, 0.15) is 38.2 Å². The van der Waals surface area contributed by atoms with E-state index in [1.807, 2.05) is 18.2 Å². The Morgan fingerprint density at radius 2 is 1.94 bits per heavy atom. The smallest absolute Gasteiger partial charge is 0.0595 e. The lowest BCUT2D eigenvalue weighted by molar-refractivity contribution is 0.380. The maximum atomic E-state index is 6.00. The normalized spacial score (nSPS) is 18.5. The van der Waals surface area contributed by atoms with Crippen molar-refractivity contribution in [3.05, 3.63) is 33.8 Å². The summed E-state index contributed by atoms with van der Waals surface area (Å²) in [5, 5.41) is 4.85. The monoisotopic (exact) mass is 271 g/mol. The van der Waals surface area contributed by atoms with E-state index >= 15 is 0 Å². The lowest BCUT2D eigenvalue weighted by Gasteiger charge is -2.20. The summed E-state index contributed by atoms with van der Waals surface area (Å²) in [4.78, 5) is 0. The van der Waals surface area contributed by atoms with Crippen LogP contribution in [-0.2, 0) is 6.54 Å². The third kappa shape index (κ3) is 3.61. The molecule has 0 spiro atoms. The van der Waals surface area contributed by atoms with E-state index < -0.39 is 0 Å². The van der Waals surface area contributed by atoms with E-state index in [-0.39, 0.29) is 0 Å². The van der Waals surface area contributed by atoms with Gasteiger partial charge in [0.2, 0.25) is 0 Å². The summed E-state index contributed by atoms with van der Waals surface area (Å²) < 4.78 is 0. The van der Waals surface area contributed by atoms with Gasteiger partial charge in [0, 0.05) is 12.6 Å². The van der Waals surface area contributed by atoms with Gasteiger partial charge in [0.25, 0.3) is 0 Å². The molecule has 1 unspecified atom stereocenters. The highest BCUT2D eigenvalue weighted by molar-refractivity contribution is 6.42. The molecule has 0 saturated heterocycles. The summed E-state index contributed by atoms with van der Waals surface area (Å²) in [6.45, 7) is 3.15. The zero-order valence-corrected chi connectivity index (χ0v) is 11.7. The van der Waals surface area contributed by atoms with E-state index in [1.54, 1.807) is 0 Å².